The fourth-order valence-electron chi connectivity index (χ4n) is 3.05. The molecule has 0 spiro atoms. The average Bonchev–Trinajstić information content (AvgIpc) is 3.10. The molecule has 0 saturated carbocycles. The summed E-state index contributed by atoms with van der Waals surface area (Å²) in [7, 11) is 0. The fourth-order valence-corrected chi connectivity index (χ4v) is 3.59. The number of thioether (sulfide) groups is 1. The predicted molar refractivity (Wildman–Crippen MR) is 96.6 cm³/mol. The summed E-state index contributed by atoms with van der Waals surface area (Å²) in [6.07, 6.45) is 2.95. The molecular weight excluding hydrogens is 342 g/mol. The molecule has 4 rings (SSSR count). The predicted octanol–water partition coefficient (Wildman–Crippen LogP) is 4.19. The summed E-state index contributed by atoms with van der Waals surface area (Å²) in [6, 6.07) is 16.8. The zero-order valence-corrected chi connectivity index (χ0v) is 14.6. The average molecular weight is 358 g/mol. The highest BCUT2D eigenvalue weighted by atomic mass is 35.5. The third-order valence-corrected chi connectivity index (χ3v) is 5.32. The van der Waals surface area contributed by atoms with Crippen molar-refractivity contribution in [1.29, 1.82) is 0 Å². The van der Waals surface area contributed by atoms with Crippen molar-refractivity contribution in [2.45, 2.75) is 23.4 Å². The Bertz CT molecular complexity index is 831. The molecule has 0 aliphatic carbocycles. The van der Waals surface area contributed by atoms with E-state index < -0.39 is 0 Å². The molecular formula is C17H16ClN5S. The largest absolute Gasteiger partial charge is 0.346 e. The maximum Gasteiger partial charge on any atom is 0.243 e. The third-order valence-electron chi connectivity index (χ3n) is 4.32. The SMILES string of the molecule is CSc1ccc([C@H]2C[C@H](c3ccc(Cl)cc3)Nc3nnnn32)cc1. The number of anilines is 1. The van der Waals surface area contributed by atoms with Gasteiger partial charge in [0.15, 0.2) is 0 Å². The lowest BCUT2D eigenvalue weighted by atomic mass is 9.93. The van der Waals surface area contributed by atoms with E-state index in [0.29, 0.717) is 5.95 Å². The first-order valence-corrected chi connectivity index (χ1v) is 9.28. The van der Waals surface area contributed by atoms with E-state index in [2.05, 4.69) is 51.4 Å². The third kappa shape index (κ3) is 2.87. The Morgan fingerprint density at radius 3 is 2.50 bits per heavy atom. The van der Waals surface area contributed by atoms with Crippen molar-refractivity contribution in [2.75, 3.05) is 11.6 Å². The molecule has 0 amide bonds. The molecule has 2 heterocycles. The normalized spacial score (nSPS) is 19.6. The number of hydrogen-bond donors (Lipinski definition) is 1. The molecule has 1 aliphatic rings. The Balaban J connectivity index is 1.69. The molecule has 1 aliphatic heterocycles. The second-order valence-corrected chi connectivity index (χ2v) is 7.04. The van der Waals surface area contributed by atoms with Crippen LogP contribution in [0.3, 0.4) is 0 Å². The summed E-state index contributed by atoms with van der Waals surface area (Å²) in [6.45, 7) is 0. The molecule has 0 unspecified atom stereocenters. The van der Waals surface area contributed by atoms with E-state index in [4.69, 9.17) is 11.6 Å². The summed E-state index contributed by atoms with van der Waals surface area (Å²) in [5, 5.41) is 16.3. The molecule has 122 valence electrons. The van der Waals surface area contributed by atoms with Gasteiger partial charge in [-0.05, 0) is 58.5 Å². The summed E-state index contributed by atoms with van der Waals surface area (Å²) in [5.41, 5.74) is 2.39. The van der Waals surface area contributed by atoms with E-state index >= 15 is 0 Å². The molecule has 3 aromatic rings. The van der Waals surface area contributed by atoms with Crippen molar-refractivity contribution in [2.24, 2.45) is 0 Å². The van der Waals surface area contributed by atoms with E-state index in [9.17, 15) is 0 Å². The highest BCUT2D eigenvalue weighted by molar-refractivity contribution is 7.98. The van der Waals surface area contributed by atoms with Crippen LogP contribution in [0.5, 0.6) is 0 Å². The molecule has 1 aromatic heterocycles. The number of rotatable bonds is 3. The number of benzene rings is 2. The van der Waals surface area contributed by atoms with Crippen molar-refractivity contribution in [3.63, 3.8) is 0 Å². The Hall–Kier alpha value is -2.05. The van der Waals surface area contributed by atoms with Crippen LogP contribution in [0.2, 0.25) is 5.02 Å². The zero-order chi connectivity index (χ0) is 16.5. The summed E-state index contributed by atoms with van der Waals surface area (Å²) in [4.78, 5) is 1.25. The van der Waals surface area contributed by atoms with E-state index in [0.717, 1.165) is 11.4 Å². The maximum absolute atomic E-state index is 6.01. The smallest absolute Gasteiger partial charge is 0.243 e. The standard InChI is InChI=1S/C17H16ClN5S/c1-24-14-8-4-12(5-9-14)16-10-15(11-2-6-13(18)7-3-11)19-17-20-21-22-23(16)17/h2-9,15-16H,10H2,1H3,(H,19,20,22)/t15-,16-/m1/s1. The topological polar surface area (TPSA) is 55.6 Å². The van der Waals surface area contributed by atoms with Crippen LogP contribution in [0, 0.1) is 0 Å². The van der Waals surface area contributed by atoms with E-state index in [1.807, 2.05) is 28.9 Å². The van der Waals surface area contributed by atoms with Gasteiger partial charge in [0.2, 0.25) is 5.95 Å². The van der Waals surface area contributed by atoms with Crippen molar-refractivity contribution >= 4 is 29.3 Å². The minimum Gasteiger partial charge on any atom is -0.346 e. The maximum atomic E-state index is 6.01. The monoisotopic (exact) mass is 357 g/mol. The van der Waals surface area contributed by atoms with Crippen LogP contribution in [-0.4, -0.2) is 26.5 Å². The van der Waals surface area contributed by atoms with Crippen LogP contribution in [0.4, 0.5) is 5.95 Å². The van der Waals surface area contributed by atoms with Crippen molar-refractivity contribution < 1.29 is 0 Å². The lowest BCUT2D eigenvalue weighted by Gasteiger charge is -2.31. The summed E-state index contributed by atoms with van der Waals surface area (Å²) >= 11 is 7.75. The lowest BCUT2D eigenvalue weighted by Crippen LogP contribution is -2.28. The summed E-state index contributed by atoms with van der Waals surface area (Å²) in [5.74, 6) is 0.695. The van der Waals surface area contributed by atoms with E-state index in [1.165, 1.54) is 16.0 Å². The highest BCUT2D eigenvalue weighted by Gasteiger charge is 2.30. The van der Waals surface area contributed by atoms with E-state index in [1.54, 1.807) is 11.8 Å². The van der Waals surface area contributed by atoms with Gasteiger partial charge in [0.1, 0.15) is 0 Å². The van der Waals surface area contributed by atoms with Crippen molar-refractivity contribution in [3.8, 4) is 0 Å². The van der Waals surface area contributed by atoms with Crippen LogP contribution in [0.25, 0.3) is 0 Å². The first-order valence-electron chi connectivity index (χ1n) is 7.68. The first kappa shape index (κ1) is 15.5. The van der Waals surface area contributed by atoms with Crippen LogP contribution in [0.15, 0.2) is 53.4 Å². The Labute approximate surface area is 149 Å². The van der Waals surface area contributed by atoms with Crippen LogP contribution < -0.4 is 5.32 Å². The number of tetrazole rings is 1. The molecule has 2 atom stereocenters. The molecule has 2 aromatic carbocycles. The minimum absolute atomic E-state index is 0.104. The fraction of sp³-hybridized carbons (Fsp3) is 0.235. The van der Waals surface area contributed by atoms with Gasteiger partial charge in [-0.2, -0.15) is 0 Å². The molecule has 1 N–H and O–H groups in total. The Morgan fingerprint density at radius 1 is 1.08 bits per heavy atom. The second-order valence-electron chi connectivity index (χ2n) is 5.72. The van der Waals surface area contributed by atoms with Gasteiger partial charge in [-0.15, -0.1) is 11.8 Å². The molecule has 7 heteroatoms. The number of fused-ring (bicyclic) bond motifs is 1. The Morgan fingerprint density at radius 2 is 1.79 bits per heavy atom. The number of hydrogen-bond acceptors (Lipinski definition) is 5. The van der Waals surface area contributed by atoms with Gasteiger partial charge in [0, 0.05) is 9.92 Å². The van der Waals surface area contributed by atoms with Gasteiger partial charge in [-0.25, -0.2) is 4.68 Å². The Kier molecular flexibility index (Phi) is 4.16. The van der Waals surface area contributed by atoms with Gasteiger partial charge in [0.05, 0.1) is 12.1 Å². The zero-order valence-electron chi connectivity index (χ0n) is 13.1. The van der Waals surface area contributed by atoms with Crippen LogP contribution in [0.1, 0.15) is 29.6 Å². The molecule has 0 radical (unpaired) electrons. The van der Waals surface area contributed by atoms with E-state index in [-0.39, 0.29) is 12.1 Å². The number of nitrogens with one attached hydrogen (secondary N) is 1. The minimum atomic E-state index is 0.104. The highest BCUT2D eigenvalue weighted by Crippen LogP contribution is 2.37. The molecule has 5 nitrogen and oxygen atoms in total. The molecule has 0 fully saturated rings. The number of nitrogens with zero attached hydrogens (tertiary/aromatic N) is 4. The van der Waals surface area contributed by atoms with Crippen molar-refractivity contribution in [1.82, 2.24) is 20.2 Å². The first-order chi connectivity index (χ1) is 11.7. The van der Waals surface area contributed by atoms with Gasteiger partial charge < -0.3 is 5.32 Å². The van der Waals surface area contributed by atoms with Crippen molar-refractivity contribution in [3.05, 3.63) is 64.7 Å². The van der Waals surface area contributed by atoms with Crippen LogP contribution >= 0.6 is 23.4 Å². The number of halogens is 1. The molecule has 0 bridgehead atoms. The summed E-state index contributed by atoms with van der Waals surface area (Å²) < 4.78 is 1.86. The van der Waals surface area contributed by atoms with Gasteiger partial charge in [-0.3, -0.25) is 0 Å². The quantitative estimate of drug-likeness (QED) is 0.712. The van der Waals surface area contributed by atoms with Gasteiger partial charge >= 0.3 is 0 Å². The van der Waals surface area contributed by atoms with Gasteiger partial charge in [0.25, 0.3) is 0 Å². The van der Waals surface area contributed by atoms with Crippen LogP contribution in [-0.2, 0) is 0 Å². The van der Waals surface area contributed by atoms with Gasteiger partial charge in [-0.1, -0.05) is 41.0 Å². The number of aromatic nitrogens is 4. The molecule has 0 saturated heterocycles. The molecule has 24 heavy (non-hydrogen) atoms. The second kappa shape index (κ2) is 6.45. The lowest BCUT2D eigenvalue weighted by molar-refractivity contribution is 0.423.